The average Bonchev–Trinajstić information content (AvgIpc) is 2.20. The number of nitrogens with one attached hydrogen (secondary N) is 1. The molecule has 0 radical (unpaired) electrons. The number of esters is 1. The first-order valence-electron chi connectivity index (χ1n) is 4.85. The molecule has 1 aliphatic heterocycles. The molecule has 6 nitrogen and oxygen atoms in total. The first kappa shape index (κ1) is 11.8. The van der Waals surface area contributed by atoms with Crippen LogP contribution in [0.15, 0.2) is 0 Å². The molecular formula is C9H17N3O3. The summed E-state index contributed by atoms with van der Waals surface area (Å²) >= 11 is 0. The second kappa shape index (κ2) is 4.48. The Morgan fingerprint density at radius 3 is 2.33 bits per heavy atom. The molecule has 1 fully saturated rings. The fraction of sp³-hybridized carbons (Fsp3) is 0.778. The normalized spacial score (nSPS) is 20.7. The van der Waals surface area contributed by atoms with Crippen LogP contribution in [0.5, 0.6) is 0 Å². The van der Waals surface area contributed by atoms with E-state index in [1.54, 1.807) is 0 Å². The lowest BCUT2D eigenvalue weighted by atomic mass is 9.88. The number of methoxy groups -OCH3 is 1. The molecule has 0 unspecified atom stereocenters. The van der Waals surface area contributed by atoms with Crippen LogP contribution in [-0.2, 0) is 9.53 Å². The van der Waals surface area contributed by atoms with Gasteiger partial charge >= 0.3 is 12.0 Å². The van der Waals surface area contributed by atoms with Gasteiger partial charge in [-0.25, -0.2) is 9.59 Å². The van der Waals surface area contributed by atoms with E-state index in [-0.39, 0.29) is 0 Å². The van der Waals surface area contributed by atoms with Crippen molar-refractivity contribution in [2.75, 3.05) is 27.2 Å². The molecule has 1 rings (SSSR count). The minimum atomic E-state index is -0.937. The summed E-state index contributed by atoms with van der Waals surface area (Å²) < 4.78 is 4.70. The molecule has 15 heavy (non-hydrogen) atoms. The Kier molecular flexibility index (Phi) is 3.52. The van der Waals surface area contributed by atoms with Crippen LogP contribution in [0, 0.1) is 0 Å². The van der Waals surface area contributed by atoms with Crippen molar-refractivity contribution in [1.82, 2.24) is 10.2 Å². The third kappa shape index (κ3) is 2.59. The molecule has 1 heterocycles. The minimum Gasteiger partial charge on any atom is -0.467 e. The quantitative estimate of drug-likeness (QED) is 0.596. The number of hydrogen-bond acceptors (Lipinski definition) is 4. The maximum atomic E-state index is 11.6. The summed E-state index contributed by atoms with van der Waals surface area (Å²) in [6.45, 7) is 1.46. The summed E-state index contributed by atoms with van der Waals surface area (Å²) in [6, 6.07) is -0.690. The van der Waals surface area contributed by atoms with Crippen molar-refractivity contribution < 1.29 is 14.3 Å². The van der Waals surface area contributed by atoms with Crippen LogP contribution in [0.4, 0.5) is 4.79 Å². The lowest BCUT2D eigenvalue weighted by Crippen LogP contribution is -2.61. The molecule has 3 N–H and O–H groups in total. The Bertz CT molecular complexity index is 259. The number of carbonyl (C=O) groups excluding carboxylic acids is 2. The third-order valence-electron chi connectivity index (χ3n) is 2.78. The van der Waals surface area contributed by atoms with E-state index in [1.165, 1.54) is 7.11 Å². The van der Waals surface area contributed by atoms with Gasteiger partial charge in [0, 0.05) is 13.1 Å². The zero-order chi connectivity index (χ0) is 11.5. The van der Waals surface area contributed by atoms with E-state index in [0.29, 0.717) is 12.8 Å². The molecule has 0 aromatic carbocycles. The van der Waals surface area contributed by atoms with Gasteiger partial charge in [-0.15, -0.1) is 0 Å². The van der Waals surface area contributed by atoms with Gasteiger partial charge in [-0.2, -0.15) is 0 Å². The number of likely N-dealkylation sites (tertiary alicyclic amines) is 1. The molecule has 2 amide bonds. The van der Waals surface area contributed by atoms with E-state index in [4.69, 9.17) is 10.5 Å². The predicted octanol–water partition coefficient (Wildman–Crippen LogP) is -0.708. The third-order valence-corrected chi connectivity index (χ3v) is 2.78. The van der Waals surface area contributed by atoms with E-state index in [0.717, 1.165) is 13.1 Å². The Morgan fingerprint density at radius 2 is 1.93 bits per heavy atom. The zero-order valence-corrected chi connectivity index (χ0v) is 9.08. The Hall–Kier alpha value is -1.30. The summed E-state index contributed by atoms with van der Waals surface area (Å²) in [7, 11) is 3.27. The number of urea groups is 1. The molecular weight excluding hydrogens is 198 g/mol. The van der Waals surface area contributed by atoms with Gasteiger partial charge in [-0.3, -0.25) is 0 Å². The summed E-state index contributed by atoms with van der Waals surface area (Å²) in [4.78, 5) is 24.6. The van der Waals surface area contributed by atoms with Crippen LogP contribution in [0.3, 0.4) is 0 Å². The molecule has 1 aliphatic rings. The van der Waals surface area contributed by atoms with Crippen molar-refractivity contribution in [2.45, 2.75) is 18.4 Å². The summed E-state index contributed by atoms with van der Waals surface area (Å²) in [6.07, 6.45) is 1.05. The van der Waals surface area contributed by atoms with Crippen molar-refractivity contribution in [3.05, 3.63) is 0 Å². The van der Waals surface area contributed by atoms with Gasteiger partial charge in [-0.05, 0) is 19.9 Å². The minimum absolute atomic E-state index is 0.422. The van der Waals surface area contributed by atoms with Crippen LogP contribution in [0.25, 0.3) is 0 Å². The van der Waals surface area contributed by atoms with Gasteiger partial charge in [0.15, 0.2) is 0 Å². The van der Waals surface area contributed by atoms with E-state index >= 15 is 0 Å². The van der Waals surface area contributed by atoms with Gasteiger partial charge < -0.3 is 20.7 Å². The van der Waals surface area contributed by atoms with Crippen molar-refractivity contribution in [3.8, 4) is 0 Å². The molecule has 86 valence electrons. The molecule has 0 bridgehead atoms. The van der Waals surface area contributed by atoms with Crippen LogP contribution >= 0.6 is 0 Å². The predicted molar refractivity (Wildman–Crippen MR) is 54.2 cm³/mol. The topological polar surface area (TPSA) is 84.7 Å². The van der Waals surface area contributed by atoms with Gasteiger partial charge in [0.2, 0.25) is 0 Å². The van der Waals surface area contributed by atoms with Crippen molar-refractivity contribution in [1.29, 1.82) is 0 Å². The highest BCUT2D eigenvalue weighted by Crippen LogP contribution is 2.22. The van der Waals surface area contributed by atoms with Gasteiger partial charge in [-0.1, -0.05) is 0 Å². The number of ether oxygens (including phenoxy) is 1. The Morgan fingerprint density at radius 1 is 1.40 bits per heavy atom. The van der Waals surface area contributed by atoms with Gasteiger partial charge in [0.25, 0.3) is 0 Å². The molecule has 0 aromatic heterocycles. The second-order valence-corrected chi connectivity index (χ2v) is 3.87. The van der Waals surface area contributed by atoms with Crippen molar-refractivity contribution in [2.24, 2.45) is 5.73 Å². The molecule has 1 saturated heterocycles. The fourth-order valence-corrected chi connectivity index (χ4v) is 1.81. The summed E-state index contributed by atoms with van der Waals surface area (Å²) in [5, 5.41) is 2.50. The Balaban J connectivity index is 2.77. The van der Waals surface area contributed by atoms with Crippen LogP contribution in [0.1, 0.15) is 12.8 Å². The fourth-order valence-electron chi connectivity index (χ4n) is 1.81. The van der Waals surface area contributed by atoms with Gasteiger partial charge in [0.1, 0.15) is 5.54 Å². The lowest BCUT2D eigenvalue weighted by Gasteiger charge is -2.38. The first-order chi connectivity index (χ1) is 7.00. The molecule has 0 aromatic rings. The van der Waals surface area contributed by atoms with Crippen LogP contribution in [0.2, 0.25) is 0 Å². The molecule has 0 aliphatic carbocycles. The first-order valence-corrected chi connectivity index (χ1v) is 4.85. The summed E-state index contributed by atoms with van der Waals surface area (Å²) in [5.74, 6) is -0.422. The van der Waals surface area contributed by atoms with E-state index < -0.39 is 17.5 Å². The highest BCUT2D eigenvalue weighted by Gasteiger charge is 2.42. The maximum Gasteiger partial charge on any atom is 0.331 e. The molecule has 6 heteroatoms. The van der Waals surface area contributed by atoms with E-state index in [1.807, 2.05) is 7.05 Å². The highest BCUT2D eigenvalue weighted by atomic mass is 16.5. The van der Waals surface area contributed by atoms with Crippen LogP contribution < -0.4 is 11.1 Å². The number of hydrogen-bond donors (Lipinski definition) is 2. The maximum absolute atomic E-state index is 11.6. The van der Waals surface area contributed by atoms with Crippen LogP contribution in [-0.4, -0.2) is 49.7 Å². The monoisotopic (exact) mass is 215 g/mol. The number of nitrogens with zero attached hydrogens (tertiary/aromatic N) is 1. The van der Waals surface area contributed by atoms with Crippen molar-refractivity contribution in [3.63, 3.8) is 0 Å². The average molecular weight is 215 g/mol. The van der Waals surface area contributed by atoms with Crippen molar-refractivity contribution >= 4 is 12.0 Å². The molecule has 0 atom stereocenters. The smallest absolute Gasteiger partial charge is 0.331 e. The van der Waals surface area contributed by atoms with Gasteiger partial charge in [0.05, 0.1) is 7.11 Å². The molecule has 0 spiro atoms. The Labute approximate surface area is 88.7 Å². The zero-order valence-electron chi connectivity index (χ0n) is 9.08. The second-order valence-electron chi connectivity index (χ2n) is 3.87. The number of rotatable bonds is 2. The number of carbonyl (C=O) groups is 2. The number of piperidine rings is 1. The lowest BCUT2D eigenvalue weighted by molar-refractivity contribution is -0.150. The number of primary amides is 1. The highest BCUT2D eigenvalue weighted by molar-refractivity contribution is 5.86. The number of amides is 2. The summed E-state index contributed by atoms with van der Waals surface area (Å²) in [5.41, 5.74) is 4.13. The SMILES string of the molecule is COC(=O)C1(NC(N)=O)CCN(C)CC1. The largest absolute Gasteiger partial charge is 0.467 e. The van der Waals surface area contributed by atoms with E-state index in [2.05, 4.69) is 10.2 Å². The molecule has 0 saturated carbocycles. The number of nitrogens with two attached hydrogens (primary N) is 1. The van der Waals surface area contributed by atoms with E-state index in [9.17, 15) is 9.59 Å². The standard InChI is InChI=1S/C9H17N3O3/c1-12-5-3-9(4-6-12,7(13)15-2)11-8(10)14/h3-6H2,1-2H3,(H3,10,11,14).